The predicted molar refractivity (Wildman–Crippen MR) is 109 cm³/mol. The van der Waals surface area contributed by atoms with Gasteiger partial charge in [0.1, 0.15) is 11.5 Å². The van der Waals surface area contributed by atoms with E-state index in [1.165, 1.54) is 17.0 Å². The first-order chi connectivity index (χ1) is 16.0. The maximum atomic E-state index is 14.5. The Kier molecular flexibility index (Phi) is 5.30. The monoisotopic (exact) mass is 483 g/mol. The lowest BCUT2D eigenvalue weighted by Gasteiger charge is -2.37. The van der Waals surface area contributed by atoms with Crippen molar-refractivity contribution in [3.63, 3.8) is 0 Å². The molecule has 4 heterocycles. The highest BCUT2D eigenvalue weighted by atomic mass is 19.4. The molecule has 0 saturated carbocycles. The molecule has 2 fully saturated rings. The van der Waals surface area contributed by atoms with E-state index in [0.29, 0.717) is 30.2 Å². The second kappa shape index (κ2) is 7.97. The average Bonchev–Trinajstić information content (AvgIpc) is 3.43. The van der Waals surface area contributed by atoms with Gasteiger partial charge in [0.25, 0.3) is 5.91 Å². The summed E-state index contributed by atoms with van der Waals surface area (Å²) in [7, 11) is 0. The minimum Gasteiger partial charge on any atom is -0.334 e. The second-order valence-electron chi connectivity index (χ2n) is 8.49. The number of benzene rings is 1. The van der Waals surface area contributed by atoms with Crippen LogP contribution >= 0.6 is 0 Å². The summed E-state index contributed by atoms with van der Waals surface area (Å²) >= 11 is 0. The molecule has 0 unspecified atom stereocenters. The maximum absolute atomic E-state index is 14.5. The summed E-state index contributed by atoms with van der Waals surface area (Å²) < 4.78 is 82.4. The highest BCUT2D eigenvalue weighted by Crippen LogP contribution is 2.44. The van der Waals surface area contributed by atoms with Crippen LogP contribution in [0.4, 0.5) is 26.3 Å². The van der Waals surface area contributed by atoms with Crippen molar-refractivity contribution in [2.75, 3.05) is 26.2 Å². The molecule has 2 aromatic heterocycles. The van der Waals surface area contributed by atoms with Crippen molar-refractivity contribution in [3.05, 3.63) is 53.6 Å². The zero-order chi connectivity index (χ0) is 24.3. The first-order valence-electron chi connectivity index (χ1n) is 10.7. The van der Waals surface area contributed by atoms with Gasteiger partial charge >= 0.3 is 12.1 Å². The van der Waals surface area contributed by atoms with Gasteiger partial charge in [-0.25, -0.2) is 13.9 Å². The zero-order valence-electron chi connectivity index (χ0n) is 17.7. The number of halogens is 6. The van der Waals surface area contributed by atoms with Crippen molar-refractivity contribution < 1.29 is 31.1 Å². The number of hydrogen-bond donors (Lipinski definition) is 0. The number of alkyl halides is 5. The van der Waals surface area contributed by atoms with Crippen LogP contribution in [0.2, 0.25) is 0 Å². The molecule has 34 heavy (non-hydrogen) atoms. The van der Waals surface area contributed by atoms with E-state index in [-0.39, 0.29) is 28.6 Å². The minimum atomic E-state index is -5.91. The fourth-order valence-electron chi connectivity index (χ4n) is 4.55. The summed E-state index contributed by atoms with van der Waals surface area (Å²) in [4.78, 5) is 21.0. The first kappa shape index (κ1) is 22.6. The fourth-order valence-corrected chi connectivity index (χ4v) is 4.55. The van der Waals surface area contributed by atoms with Gasteiger partial charge < -0.3 is 4.90 Å². The Morgan fingerprint density at radius 2 is 1.74 bits per heavy atom. The first-order valence-corrected chi connectivity index (χ1v) is 10.7. The molecule has 3 aromatic rings. The standard InChI is InChI=1S/C22H19F6N5O/c23-14-5-3-13(4-6-14)16-10-18(21(24,25)22(26,27)28)33-19(29-16)11-17(30-33)20(34)32-9-8-31-7-1-2-15(31)12-32/h3-6,10-11,15H,1-2,7-9,12H2/t15-/m0/s1. The lowest BCUT2D eigenvalue weighted by molar-refractivity contribution is -0.291. The molecule has 2 aliphatic heterocycles. The third-order valence-electron chi connectivity index (χ3n) is 6.34. The molecular formula is C22H19F6N5O. The molecule has 0 aliphatic carbocycles. The number of carbonyl (C=O) groups is 1. The summed E-state index contributed by atoms with van der Waals surface area (Å²) in [6, 6.07) is 6.37. The van der Waals surface area contributed by atoms with Crippen LogP contribution in [0.15, 0.2) is 36.4 Å². The van der Waals surface area contributed by atoms with Crippen LogP contribution in [0.5, 0.6) is 0 Å². The number of carbonyl (C=O) groups excluding carboxylic acids is 1. The second-order valence-corrected chi connectivity index (χ2v) is 8.49. The van der Waals surface area contributed by atoms with Crippen LogP contribution in [-0.4, -0.2) is 68.7 Å². The van der Waals surface area contributed by atoms with Crippen LogP contribution in [0.1, 0.15) is 29.0 Å². The lowest BCUT2D eigenvalue weighted by Crippen LogP contribution is -2.52. The zero-order valence-corrected chi connectivity index (χ0v) is 17.7. The van der Waals surface area contributed by atoms with E-state index in [0.717, 1.165) is 37.6 Å². The van der Waals surface area contributed by atoms with Crippen LogP contribution in [-0.2, 0) is 5.92 Å². The normalized spacial score (nSPS) is 19.6. The topological polar surface area (TPSA) is 53.7 Å². The van der Waals surface area contributed by atoms with Gasteiger partial charge in [-0.05, 0) is 49.7 Å². The number of aromatic nitrogens is 3. The van der Waals surface area contributed by atoms with Crippen LogP contribution in [0, 0.1) is 5.82 Å². The molecule has 1 amide bonds. The quantitative estimate of drug-likeness (QED) is 0.527. The number of amides is 1. The summed E-state index contributed by atoms with van der Waals surface area (Å²) in [6.45, 7) is 2.46. The predicted octanol–water partition coefficient (Wildman–Crippen LogP) is 4.11. The molecule has 6 nitrogen and oxygen atoms in total. The van der Waals surface area contributed by atoms with Crippen molar-refractivity contribution in [3.8, 4) is 11.3 Å². The average molecular weight is 483 g/mol. The third-order valence-corrected chi connectivity index (χ3v) is 6.34. The Labute approximate surface area is 189 Å². The number of rotatable bonds is 3. The summed E-state index contributed by atoms with van der Waals surface area (Å²) in [5, 5.41) is 3.81. The molecule has 5 rings (SSSR count). The van der Waals surface area contributed by atoms with Gasteiger partial charge in [0.2, 0.25) is 0 Å². The highest BCUT2D eigenvalue weighted by Gasteiger charge is 2.60. The number of nitrogens with zero attached hydrogens (tertiary/aromatic N) is 5. The minimum absolute atomic E-state index is 0.134. The Morgan fingerprint density at radius 1 is 1.00 bits per heavy atom. The Morgan fingerprint density at radius 3 is 2.44 bits per heavy atom. The van der Waals surface area contributed by atoms with Gasteiger partial charge in [0.15, 0.2) is 11.3 Å². The Bertz CT molecular complexity index is 1240. The van der Waals surface area contributed by atoms with Gasteiger partial charge in [-0.3, -0.25) is 9.69 Å². The Balaban J connectivity index is 1.59. The number of fused-ring (bicyclic) bond motifs is 2. The van der Waals surface area contributed by atoms with E-state index in [9.17, 15) is 31.1 Å². The van der Waals surface area contributed by atoms with Gasteiger partial charge in [0, 0.05) is 37.3 Å². The smallest absolute Gasteiger partial charge is 0.334 e. The van der Waals surface area contributed by atoms with Crippen molar-refractivity contribution in [1.82, 2.24) is 24.4 Å². The van der Waals surface area contributed by atoms with Crippen molar-refractivity contribution in [2.24, 2.45) is 0 Å². The molecule has 12 heteroatoms. The van der Waals surface area contributed by atoms with E-state index in [2.05, 4.69) is 15.0 Å². The molecule has 0 N–H and O–H groups in total. The number of hydrogen-bond acceptors (Lipinski definition) is 4. The maximum Gasteiger partial charge on any atom is 0.459 e. The molecule has 180 valence electrons. The highest BCUT2D eigenvalue weighted by molar-refractivity contribution is 5.93. The van der Waals surface area contributed by atoms with Crippen LogP contribution < -0.4 is 0 Å². The molecular weight excluding hydrogens is 464 g/mol. The molecule has 0 bridgehead atoms. The van der Waals surface area contributed by atoms with Crippen LogP contribution in [0.25, 0.3) is 16.9 Å². The van der Waals surface area contributed by atoms with Crippen molar-refractivity contribution in [1.29, 1.82) is 0 Å². The van der Waals surface area contributed by atoms with E-state index in [4.69, 9.17) is 0 Å². The molecule has 1 atom stereocenters. The van der Waals surface area contributed by atoms with Crippen molar-refractivity contribution >= 4 is 11.6 Å². The summed E-state index contributed by atoms with van der Waals surface area (Å²) in [5.41, 5.74) is -2.19. The molecule has 0 radical (unpaired) electrons. The molecule has 1 aromatic carbocycles. The van der Waals surface area contributed by atoms with Gasteiger partial charge in [0.05, 0.1) is 5.69 Å². The van der Waals surface area contributed by atoms with E-state index in [1.54, 1.807) is 0 Å². The number of piperazine rings is 1. The summed E-state index contributed by atoms with van der Waals surface area (Å²) in [5.74, 6) is -6.43. The lowest BCUT2D eigenvalue weighted by atomic mass is 10.1. The fraction of sp³-hybridized carbons (Fsp3) is 0.409. The largest absolute Gasteiger partial charge is 0.459 e. The third kappa shape index (κ3) is 3.79. The van der Waals surface area contributed by atoms with E-state index in [1.807, 2.05) is 0 Å². The SMILES string of the molecule is O=C(c1cc2nc(-c3ccc(F)cc3)cc(C(F)(F)C(F)(F)F)n2n1)N1CCN2CCC[C@H]2C1. The molecule has 0 spiro atoms. The van der Waals surface area contributed by atoms with Crippen LogP contribution in [0.3, 0.4) is 0 Å². The van der Waals surface area contributed by atoms with E-state index >= 15 is 0 Å². The summed E-state index contributed by atoms with van der Waals surface area (Å²) in [6.07, 6.45) is -3.96. The van der Waals surface area contributed by atoms with Crippen molar-refractivity contribution in [2.45, 2.75) is 31.0 Å². The van der Waals surface area contributed by atoms with Gasteiger partial charge in [-0.1, -0.05) is 0 Å². The van der Waals surface area contributed by atoms with E-state index < -0.39 is 29.5 Å². The van der Waals surface area contributed by atoms with Gasteiger partial charge in [-0.2, -0.15) is 27.1 Å². The molecule has 2 aliphatic rings. The molecule has 2 saturated heterocycles. The van der Waals surface area contributed by atoms with Gasteiger partial charge in [-0.15, -0.1) is 0 Å². The Hall–Kier alpha value is -3.15.